The van der Waals surface area contributed by atoms with Gasteiger partial charge in [0.05, 0.1) is 11.4 Å². The summed E-state index contributed by atoms with van der Waals surface area (Å²) in [5.74, 6) is 0.758. The fourth-order valence-corrected chi connectivity index (χ4v) is 2.40. The van der Waals surface area contributed by atoms with Gasteiger partial charge < -0.3 is 10.6 Å². The number of hydrogen-bond acceptors (Lipinski definition) is 2. The molecule has 2 rings (SSSR count). The van der Waals surface area contributed by atoms with Crippen LogP contribution in [0.4, 0.5) is 11.4 Å². The van der Waals surface area contributed by atoms with E-state index in [9.17, 15) is 0 Å². The van der Waals surface area contributed by atoms with Crippen molar-refractivity contribution in [1.82, 2.24) is 0 Å². The molecule has 1 aliphatic rings. The molecule has 1 aromatic rings. The van der Waals surface area contributed by atoms with Crippen molar-refractivity contribution in [1.29, 1.82) is 0 Å². The number of hydrogen-bond donors (Lipinski definition) is 1. The van der Waals surface area contributed by atoms with Crippen LogP contribution >= 0.6 is 11.6 Å². The Bertz CT molecular complexity index is 351. The SMILES string of the molecule is C[C@H]1CCCN(c2ccc(Cl)cc2N)C1. The van der Waals surface area contributed by atoms with Gasteiger partial charge in [-0.25, -0.2) is 0 Å². The number of piperidine rings is 1. The van der Waals surface area contributed by atoms with E-state index in [0.29, 0.717) is 5.02 Å². The summed E-state index contributed by atoms with van der Waals surface area (Å²) in [6, 6.07) is 5.76. The Hall–Kier alpha value is -0.890. The standard InChI is InChI=1S/C12H17ClN2/c1-9-3-2-6-15(8-9)12-5-4-10(13)7-11(12)14/h4-5,7,9H,2-3,6,8,14H2,1H3/t9-/m0/s1. The lowest BCUT2D eigenvalue weighted by molar-refractivity contribution is 0.447. The van der Waals surface area contributed by atoms with Crippen LogP contribution in [0.5, 0.6) is 0 Å². The quantitative estimate of drug-likeness (QED) is 0.743. The van der Waals surface area contributed by atoms with Gasteiger partial charge in [0.2, 0.25) is 0 Å². The van der Waals surface area contributed by atoms with E-state index in [-0.39, 0.29) is 0 Å². The van der Waals surface area contributed by atoms with E-state index < -0.39 is 0 Å². The van der Waals surface area contributed by atoms with Gasteiger partial charge in [-0.3, -0.25) is 0 Å². The number of rotatable bonds is 1. The molecule has 1 saturated heterocycles. The molecule has 0 spiro atoms. The fourth-order valence-electron chi connectivity index (χ4n) is 2.22. The minimum Gasteiger partial charge on any atom is -0.397 e. The van der Waals surface area contributed by atoms with E-state index in [2.05, 4.69) is 11.8 Å². The highest BCUT2D eigenvalue weighted by Crippen LogP contribution is 2.29. The highest BCUT2D eigenvalue weighted by molar-refractivity contribution is 6.31. The summed E-state index contributed by atoms with van der Waals surface area (Å²) in [7, 11) is 0. The molecule has 82 valence electrons. The van der Waals surface area contributed by atoms with Gasteiger partial charge in [0, 0.05) is 18.1 Å². The Kier molecular flexibility index (Phi) is 3.06. The molecule has 0 unspecified atom stereocenters. The third-order valence-electron chi connectivity index (χ3n) is 2.99. The number of halogens is 1. The van der Waals surface area contributed by atoms with Crippen LogP contribution < -0.4 is 10.6 Å². The second-order valence-electron chi connectivity index (χ2n) is 4.40. The van der Waals surface area contributed by atoms with Gasteiger partial charge in [-0.2, -0.15) is 0 Å². The maximum Gasteiger partial charge on any atom is 0.0601 e. The van der Waals surface area contributed by atoms with E-state index in [4.69, 9.17) is 17.3 Å². The van der Waals surface area contributed by atoms with Gasteiger partial charge >= 0.3 is 0 Å². The molecule has 2 N–H and O–H groups in total. The Morgan fingerprint density at radius 2 is 2.27 bits per heavy atom. The third kappa shape index (κ3) is 2.37. The number of benzene rings is 1. The lowest BCUT2D eigenvalue weighted by Crippen LogP contribution is -2.34. The molecule has 1 aliphatic heterocycles. The summed E-state index contributed by atoms with van der Waals surface area (Å²) in [4.78, 5) is 2.36. The molecular weight excluding hydrogens is 208 g/mol. The van der Waals surface area contributed by atoms with Gasteiger partial charge in [-0.1, -0.05) is 18.5 Å². The predicted molar refractivity (Wildman–Crippen MR) is 66.5 cm³/mol. The second kappa shape index (κ2) is 4.31. The number of anilines is 2. The van der Waals surface area contributed by atoms with E-state index in [1.807, 2.05) is 18.2 Å². The Morgan fingerprint density at radius 3 is 2.93 bits per heavy atom. The summed E-state index contributed by atoms with van der Waals surface area (Å²) < 4.78 is 0. The summed E-state index contributed by atoms with van der Waals surface area (Å²) >= 11 is 5.89. The number of nitrogens with two attached hydrogens (primary N) is 1. The van der Waals surface area contributed by atoms with Crippen molar-refractivity contribution in [2.24, 2.45) is 5.92 Å². The molecule has 1 fully saturated rings. The van der Waals surface area contributed by atoms with Crippen molar-refractivity contribution in [2.45, 2.75) is 19.8 Å². The van der Waals surface area contributed by atoms with Crippen molar-refractivity contribution in [3.05, 3.63) is 23.2 Å². The zero-order valence-electron chi connectivity index (χ0n) is 9.04. The Labute approximate surface area is 96.0 Å². The first-order valence-electron chi connectivity index (χ1n) is 5.47. The molecule has 0 saturated carbocycles. The van der Waals surface area contributed by atoms with Gasteiger partial charge in [-0.05, 0) is 37.0 Å². The fraction of sp³-hybridized carbons (Fsp3) is 0.500. The minimum absolute atomic E-state index is 0.710. The van der Waals surface area contributed by atoms with Gasteiger partial charge in [-0.15, -0.1) is 0 Å². The molecule has 0 aromatic heterocycles. The minimum atomic E-state index is 0.710. The second-order valence-corrected chi connectivity index (χ2v) is 4.83. The Morgan fingerprint density at radius 1 is 1.47 bits per heavy atom. The van der Waals surface area contributed by atoms with Crippen molar-refractivity contribution in [2.75, 3.05) is 23.7 Å². The third-order valence-corrected chi connectivity index (χ3v) is 3.22. The first-order chi connectivity index (χ1) is 7.16. The predicted octanol–water partition coefficient (Wildman–Crippen LogP) is 3.16. The molecule has 1 heterocycles. The van der Waals surface area contributed by atoms with Crippen LogP contribution in [0.2, 0.25) is 5.02 Å². The van der Waals surface area contributed by atoms with Gasteiger partial charge in [0.15, 0.2) is 0 Å². The van der Waals surface area contributed by atoms with E-state index in [1.165, 1.54) is 12.8 Å². The first kappa shape index (κ1) is 10.6. The monoisotopic (exact) mass is 224 g/mol. The summed E-state index contributed by atoms with van der Waals surface area (Å²) in [5.41, 5.74) is 7.89. The topological polar surface area (TPSA) is 29.3 Å². The van der Waals surface area contributed by atoms with Crippen molar-refractivity contribution < 1.29 is 0 Å². The highest BCUT2D eigenvalue weighted by atomic mass is 35.5. The largest absolute Gasteiger partial charge is 0.397 e. The Balaban J connectivity index is 2.21. The van der Waals surface area contributed by atoms with Crippen molar-refractivity contribution in [3.8, 4) is 0 Å². The van der Waals surface area contributed by atoms with Crippen LogP contribution in [0.25, 0.3) is 0 Å². The maximum absolute atomic E-state index is 5.97. The van der Waals surface area contributed by atoms with Crippen LogP contribution in [0.3, 0.4) is 0 Å². The molecule has 0 radical (unpaired) electrons. The normalized spacial score (nSPS) is 21.7. The van der Waals surface area contributed by atoms with Crippen LogP contribution in [-0.2, 0) is 0 Å². The lowest BCUT2D eigenvalue weighted by Gasteiger charge is -2.33. The molecule has 3 heteroatoms. The zero-order chi connectivity index (χ0) is 10.8. The average Bonchev–Trinajstić information content (AvgIpc) is 2.17. The summed E-state index contributed by atoms with van der Waals surface area (Å²) in [6.45, 7) is 4.50. The van der Waals surface area contributed by atoms with Gasteiger partial charge in [0.1, 0.15) is 0 Å². The maximum atomic E-state index is 5.97. The van der Waals surface area contributed by atoms with Crippen molar-refractivity contribution in [3.63, 3.8) is 0 Å². The molecule has 0 bridgehead atoms. The van der Waals surface area contributed by atoms with Crippen LogP contribution in [0.15, 0.2) is 18.2 Å². The zero-order valence-corrected chi connectivity index (χ0v) is 9.80. The molecule has 1 aromatic carbocycles. The van der Waals surface area contributed by atoms with Crippen LogP contribution in [0.1, 0.15) is 19.8 Å². The van der Waals surface area contributed by atoms with E-state index >= 15 is 0 Å². The molecule has 0 amide bonds. The van der Waals surface area contributed by atoms with Crippen LogP contribution in [-0.4, -0.2) is 13.1 Å². The first-order valence-corrected chi connectivity index (χ1v) is 5.84. The molecular formula is C12H17ClN2. The lowest BCUT2D eigenvalue weighted by atomic mass is 9.99. The summed E-state index contributed by atoms with van der Waals surface area (Å²) in [5, 5.41) is 0.710. The molecule has 15 heavy (non-hydrogen) atoms. The van der Waals surface area contributed by atoms with Crippen molar-refractivity contribution >= 4 is 23.0 Å². The van der Waals surface area contributed by atoms with E-state index in [0.717, 1.165) is 30.4 Å². The highest BCUT2D eigenvalue weighted by Gasteiger charge is 2.18. The molecule has 2 nitrogen and oxygen atoms in total. The summed E-state index contributed by atoms with van der Waals surface area (Å²) in [6.07, 6.45) is 2.58. The number of nitrogen functional groups attached to an aromatic ring is 1. The van der Waals surface area contributed by atoms with Gasteiger partial charge in [0.25, 0.3) is 0 Å². The van der Waals surface area contributed by atoms with Crippen LogP contribution in [0, 0.1) is 5.92 Å². The van der Waals surface area contributed by atoms with E-state index in [1.54, 1.807) is 0 Å². The number of nitrogens with zero attached hydrogens (tertiary/aromatic N) is 1. The average molecular weight is 225 g/mol. The molecule has 1 atom stereocenters. The smallest absolute Gasteiger partial charge is 0.0601 e. The molecule has 0 aliphatic carbocycles.